The second kappa shape index (κ2) is 8.66. The van der Waals surface area contributed by atoms with E-state index < -0.39 is 0 Å². The van der Waals surface area contributed by atoms with Crippen LogP contribution in [0.4, 0.5) is 4.39 Å². The molecule has 2 heterocycles. The molecular formula is C23H24FN3O2. The largest absolute Gasteiger partial charge is 0.385 e. The number of ether oxygens (including phenoxy) is 1. The van der Waals surface area contributed by atoms with Gasteiger partial charge in [-0.25, -0.2) is 14.4 Å². The van der Waals surface area contributed by atoms with E-state index in [1.165, 1.54) is 12.1 Å². The number of piperidine rings is 1. The topological polar surface area (TPSA) is 55.3 Å². The van der Waals surface area contributed by atoms with Gasteiger partial charge < -0.3 is 9.64 Å². The van der Waals surface area contributed by atoms with Gasteiger partial charge in [0.15, 0.2) is 5.82 Å². The zero-order valence-electron chi connectivity index (χ0n) is 16.5. The summed E-state index contributed by atoms with van der Waals surface area (Å²) < 4.78 is 18.5. The lowest BCUT2D eigenvalue weighted by Gasteiger charge is -2.32. The average Bonchev–Trinajstić information content (AvgIpc) is 2.77. The SMILES string of the molecule is COCCC1CCN(C(=O)c2ccc(-c3ncc4cc(F)ccc4n3)cc2)CC1. The highest BCUT2D eigenvalue weighted by Crippen LogP contribution is 2.23. The van der Waals surface area contributed by atoms with Crippen molar-refractivity contribution in [2.75, 3.05) is 26.8 Å². The first-order chi connectivity index (χ1) is 14.1. The van der Waals surface area contributed by atoms with Gasteiger partial charge in [0.05, 0.1) is 5.52 Å². The molecule has 0 atom stereocenters. The summed E-state index contributed by atoms with van der Waals surface area (Å²) in [4.78, 5) is 23.6. The van der Waals surface area contributed by atoms with Gasteiger partial charge in [0.25, 0.3) is 5.91 Å². The Morgan fingerprint density at radius 3 is 2.66 bits per heavy atom. The number of amides is 1. The lowest BCUT2D eigenvalue weighted by Crippen LogP contribution is -2.38. The van der Waals surface area contributed by atoms with Crippen LogP contribution < -0.4 is 0 Å². The molecule has 0 bridgehead atoms. The third kappa shape index (κ3) is 4.43. The second-order valence-electron chi connectivity index (χ2n) is 7.49. The number of carbonyl (C=O) groups excluding carboxylic acids is 1. The number of fused-ring (bicyclic) bond motifs is 1. The molecule has 0 unspecified atom stereocenters. The Bertz CT molecular complexity index is 999. The third-order valence-corrected chi connectivity index (χ3v) is 5.56. The van der Waals surface area contributed by atoms with Gasteiger partial charge in [-0.2, -0.15) is 0 Å². The maximum absolute atomic E-state index is 13.3. The normalized spacial score (nSPS) is 15.0. The van der Waals surface area contributed by atoms with Gasteiger partial charge in [0.1, 0.15) is 5.82 Å². The van der Waals surface area contributed by atoms with Crippen molar-refractivity contribution in [2.24, 2.45) is 5.92 Å². The van der Waals surface area contributed by atoms with Crippen molar-refractivity contribution in [1.82, 2.24) is 14.9 Å². The smallest absolute Gasteiger partial charge is 0.253 e. The van der Waals surface area contributed by atoms with Gasteiger partial charge in [0.2, 0.25) is 0 Å². The highest BCUT2D eigenvalue weighted by Gasteiger charge is 2.23. The highest BCUT2D eigenvalue weighted by atomic mass is 19.1. The van der Waals surface area contributed by atoms with Crippen molar-refractivity contribution in [3.8, 4) is 11.4 Å². The van der Waals surface area contributed by atoms with Crippen LogP contribution in [0.15, 0.2) is 48.7 Å². The Labute approximate surface area is 169 Å². The van der Waals surface area contributed by atoms with Gasteiger partial charge in [0, 0.05) is 49.5 Å². The summed E-state index contributed by atoms with van der Waals surface area (Å²) in [5.74, 6) is 0.957. The Balaban J connectivity index is 1.44. The molecule has 29 heavy (non-hydrogen) atoms. The third-order valence-electron chi connectivity index (χ3n) is 5.56. The van der Waals surface area contributed by atoms with Gasteiger partial charge in [-0.05, 0) is 55.5 Å². The number of methoxy groups -OCH3 is 1. The summed E-state index contributed by atoms with van der Waals surface area (Å²) in [5, 5.41) is 0.662. The molecule has 2 aromatic carbocycles. The van der Waals surface area contributed by atoms with Crippen LogP contribution in [0.2, 0.25) is 0 Å². The van der Waals surface area contributed by atoms with E-state index in [9.17, 15) is 9.18 Å². The van der Waals surface area contributed by atoms with Crippen molar-refractivity contribution in [1.29, 1.82) is 0 Å². The monoisotopic (exact) mass is 393 g/mol. The summed E-state index contributed by atoms with van der Waals surface area (Å²) in [5.41, 5.74) is 2.19. The minimum Gasteiger partial charge on any atom is -0.385 e. The van der Waals surface area contributed by atoms with Crippen LogP contribution in [0, 0.1) is 11.7 Å². The van der Waals surface area contributed by atoms with Crippen LogP contribution in [0.3, 0.4) is 0 Å². The number of carbonyl (C=O) groups is 1. The molecule has 0 aliphatic carbocycles. The lowest BCUT2D eigenvalue weighted by molar-refractivity contribution is 0.0670. The lowest BCUT2D eigenvalue weighted by atomic mass is 9.93. The van der Waals surface area contributed by atoms with E-state index in [1.807, 2.05) is 29.2 Å². The number of aromatic nitrogens is 2. The molecule has 0 radical (unpaired) electrons. The van der Waals surface area contributed by atoms with Crippen LogP contribution >= 0.6 is 0 Å². The first kappa shape index (κ1) is 19.5. The number of nitrogens with zero attached hydrogens (tertiary/aromatic N) is 3. The fourth-order valence-electron chi connectivity index (χ4n) is 3.80. The summed E-state index contributed by atoms with van der Waals surface area (Å²) in [6.07, 6.45) is 4.73. The highest BCUT2D eigenvalue weighted by molar-refractivity contribution is 5.94. The maximum atomic E-state index is 13.3. The number of rotatable bonds is 5. The fourth-order valence-corrected chi connectivity index (χ4v) is 3.80. The second-order valence-corrected chi connectivity index (χ2v) is 7.49. The molecule has 5 nitrogen and oxygen atoms in total. The Kier molecular flexibility index (Phi) is 5.81. The van der Waals surface area contributed by atoms with Crippen LogP contribution in [0.25, 0.3) is 22.3 Å². The van der Waals surface area contributed by atoms with E-state index in [1.54, 1.807) is 19.4 Å². The van der Waals surface area contributed by atoms with Gasteiger partial charge in [-0.1, -0.05) is 12.1 Å². The van der Waals surface area contributed by atoms with E-state index in [4.69, 9.17) is 4.74 Å². The molecule has 1 fully saturated rings. The van der Waals surface area contributed by atoms with Crippen LogP contribution in [-0.4, -0.2) is 47.6 Å². The molecule has 1 aliphatic heterocycles. The molecule has 150 valence electrons. The summed E-state index contributed by atoms with van der Waals surface area (Å²) in [6.45, 7) is 2.37. The fraction of sp³-hybridized carbons (Fsp3) is 0.348. The first-order valence-corrected chi connectivity index (χ1v) is 9.95. The average molecular weight is 393 g/mol. The number of benzene rings is 2. The molecule has 3 aromatic rings. The molecule has 0 saturated carbocycles. The van der Waals surface area contributed by atoms with E-state index in [-0.39, 0.29) is 11.7 Å². The van der Waals surface area contributed by atoms with E-state index in [0.29, 0.717) is 28.2 Å². The minimum absolute atomic E-state index is 0.0663. The maximum Gasteiger partial charge on any atom is 0.253 e. The number of likely N-dealkylation sites (tertiary alicyclic amines) is 1. The number of hydrogen-bond donors (Lipinski definition) is 0. The molecular weight excluding hydrogens is 369 g/mol. The molecule has 1 aliphatic rings. The summed E-state index contributed by atoms with van der Waals surface area (Å²) in [6, 6.07) is 11.8. The predicted octanol–water partition coefficient (Wildman–Crippen LogP) is 4.32. The van der Waals surface area contributed by atoms with Gasteiger partial charge in [-0.15, -0.1) is 0 Å². The molecule has 1 amide bonds. The van der Waals surface area contributed by atoms with Crippen LogP contribution in [-0.2, 0) is 4.74 Å². The van der Waals surface area contributed by atoms with Crippen molar-refractivity contribution in [3.05, 3.63) is 60.0 Å². The number of halogens is 1. The minimum atomic E-state index is -0.306. The number of hydrogen-bond acceptors (Lipinski definition) is 4. The quantitative estimate of drug-likeness (QED) is 0.648. The van der Waals surface area contributed by atoms with E-state index in [0.717, 1.165) is 44.5 Å². The van der Waals surface area contributed by atoms with Crippen molar-refractivity contribution in [3.63, 3.8) is 0 Å². The van der Waals surface area contributed by atoms with Crippen LogP contribution in [0.1, 0.15) is 29.6 Å². The molecule has 4 rings (SSSR count). The first-order valence-electron chi connectivity index (χ1n) is 9.95. The zero-order valence-corrected chi connectivity index (χ0v) is 16.5. The Morgan fingerprint density at radius 2 is 1.93 bits per heavy atom. The predicted molar refractivity (Wildman–Crippen MR) is 110 cm³/mol. The standard InChI is InChI=1S/C23H24FN3O2/c1-29-13-10-16-8-11-27(12-9-16)23(28)18-4-2-17(3-5-18)22-25-15-19-14-20(24)6-7-21(19)26-22/h2-7,14-16H,8-13H2,1H3. The molecule has 6 heteroatoms. The van der Waals surface area contributed by atoms with Crippen molar-refractivity contribution in [2.45, 2.75) is 19.3 Å². The van der Waals surface area contributed by atoms with Gasteiger partial charge in [-0.3, -0.25) is 4.79 Å². The Hall–Kier alpha value is -2.86. The molecule has 0 N–H and O–H groups in total. The van der Waals surface area contributed by atoms with Crippen molar-refractivity contribution >= 4 is 16.8 Å². The zero-order chi connectivity index (χ0) is 20.2. The van der Waals surface area contributed by atoms with Gasteiger partial charge >= 0.3 is 0 Å². The van der Waals surface area contributed by atoms with Crippen molar-refractivity contribution < 1.29 is 13.9 Å². The molecule has 1 aromatic heterocycles. The molecule has 0 spiro atoms. The van der Waals surface area contributed by atoms with E-state index in [2.05, 4.69) is 9.97 Å². The van der Waals surface area contributed by atoms with Crippen LogP contribution in [0.5, 0.6) is 0 Å². The van der Waals surface area contributed by atoms with E-state index >= 15 is 0 Å². The Morgan fingerprint density at radius 1 is 1.17 bits per heavy atom. The summed E-state index contributed by atoms with van der Waals surface area (Å²) in [7, 11) is 1.73. The molecule has 1 saturated heterocycles. The summed E-state index contributed by atoms with van der Waals surface area (Å²) >= 11 is 0.